The molecular formula is C16H25NS. The SMILES string of the molecule is CC(C)c1ccccc1NC1CSCCC1(C)C. The third kappa shape index (κ3) is 3.03. The maximum Gasteiger partial charge on any atom is 0.0403 e. The average molecular weight is 263 g/mol. The van der Waals surface area contributed by atoms with Gasteiger partial charge in [-0.3, -0.25) is 0 Å². The van der Waals surface area contributed by atoms with E-state index in [0.717, 1.165) is 0 Å². The number of hydrogen-bond donors (Lipinski definition) is 1. The van der Waals surface area contributed by atoms with Gasteiger partial charge in [0.05, 0.1) is 0 Å². The van der Waals surface area contributed by atoms with Crippen LogP contribution in [0.1, 0.15) is 45.6 Å². The van der Waals surface area contributed by atoms with Gasteiger partial charge in [0.2, 0.25) is 0 Å². The molecule has 1 saturated heterocycles. The van der Waals surface area contributed by atoms with Gasteiger partial charge in [-0.15, -0.1) is 0 Å². The van der Waals surface area contributed by atoms with Crippen molar-refractivity contribution in [2.75, 3.05) is 16.8 Å². The maximum atomic E-state index is 3.80. The summed E-state index contributed by atoms with van der Waals surface area (Å²) < 4.78 is 0. The lowest BCUT2D eigenvalue weighted by molar-refractivity contribution is 0.305. The van der Waals surface area contributed by atoms with Crippen LogP contribution < -0.4 is 5.32 Å². The molecule has 1 fully saturated rings. The number of nitrogens with one attached hydrogen (secondary N) is 1. The van der Waals surface area contributed by atoms with E-state index < -0.39 is 0 Å². The van der Waals surface area contributed by atoms with Crippen molar-refractivity contribution in [3.8, 4) is 0 Å². The fourth-order valence-electron chi connectivity index (χ4n) is 2.49. The lowest BCUT2D eigenvalue weighted by Crippen LogP contribution is -2.41. The zero-order valence-corrected chi connectivity index (χ0v) is 12.8. The monoisotopic (exact) mass is 263 g/mol. The molecule has 0 radical (unpaired) electrons. The van der Waals surface area contributed by atoms with Crippen molar-refractivity contribution >= 4 is 17.4 Å². The van der Waals surface area contributed by atoms with Crippen LogP contribution in [0.5, 0.6) is 0 Å². The van der Waals surface area contributed by atoms with Gasteiger partial charge in [0.15, 0.2) is 0 Å². The molecule has 1 aromatic rings. The van der Waals surface area contributed by atoms with Crippen molar-refractivity contribution in [2.24, 2.45) is 5.41 Å². The van der Waals surface area contributed by atoms with Crippen molar-refractivity contribution in [1.29, 1.82) is 0 Å². The average Bonchev–Trinajstić information content (AvgIpc) is 2.32. The van der Waals surface area contributed by atoms with E-state index in [4.69, 9.17) is 0 Å². The molecule has 1 unspecified atom stereocenters. The van der Waals surface area contributed by atoms with Gasteiger partial charge in [0.1, 0.15) is 0 Å². The lowest BCUT2D eigenvalue weighted by Gasteiger charge is -2.39. The zero-order chi connectivity index (χ0) is 13.2. The number of rotatable bonds is 3. The number of anilines is 1. The van der Waals surface area contributed by atoms with Crippen LogP contribution in [0.4, 0.5) is 5.69 Å². The summed E-state index contributed by atoms with van der Waals surface area (Å²) in [7, 11) is 0. The molecule has 1 N–H and O–H groups in total. The predicted octanol–water partition coefficient (Wildman–Crippen LogP) is 4.75. The van der Waals surface area contributed by atoms with Gasteiger partial charge in [-0.2, -0.15) is 11.8 Å². The molecule has 0 bridgehead atoms. The van der Waals surface area contributed by atoms with Gasteiger partial charge >= 0.3 is 0 Å². The molecule has 2 rings (SSSR count). The Hall–Kier alpha value is -0.630. The quantitative estimate of drug-likeness (QED) is 0.844. The summed E-state index contributed by atoms with van der Waals surface area (Å²) in [6.45, 7) is 9.31. The fraction of sp³-hybridized carbons (Fsp3) is 0.625. The summed E-state index contributed by atoms with van der Waals surface area (Å²) in [5.41, 5.74) is 3.16. The van der Waals surface area contributed by atoms with Gasteiger partial charge < -0.3 is 5.32 Å². The molecule has 1 atom stereocenters. The molecule has 0 aliphatic carbocycles. The van der Waals surface area contributed by atoms with Crippen molar-refractivity contribution in [3.63, 3.8) is 0 Å². The second-order valence-corrected chi connectivity index (χ2v) is 7.40. The van der Waals surface area contributed by atoms with Crippen LogP contribution >= 0.6 is 11.8 Å². The normalized spacial score (nSPS) is 23.1. The highest BCUT2D eigenvalue weighted by atomic mass is 32.2. The number of benzene rings is 1. The first kappa shape index (κ1) is 13.8. The molecular weight excluding hydrogens is 238 g/mol. The Morgan fingerprint density at radius 2 is 2.00 bits per heavy atom. The van der Waals surface area contributed by atoms with E-state index in [1.807, 2.05) is 0 Å². The molecule has 0 saturated carbocycles. The summed E-state index contributed by atoms with van der Waals surface area (Å²) in [5.74, 6) is 3.10. The molecule has 18 heavy (non-hydrogen) atoms. The third-order valence-corrected chi connectivity index (χ3v) is 5.09. The van der Waals surface area contributed by atoms with Crippen LogP contribution in [0.25, 0.3) is 0 Å². The lowest BCUT2D eigenvalue weighted by atomic mass is 9.82. The largest absolute Gasteiger partial charge is 0.381 e. The topological polar surface area (TPSA) is 12.0 Å². The first-order chi connectivity index (χ1) is 8.50. The molecule has 0 amide bonds. The van der Waals surface area contributed by atoms with Gasteiger partial charge in [-0.25, -0.2) is 0 Å². The Balaban J connectivity index is 2.18. The second kappa shape index (κ2) is 5.56. The minimum atomic E-state index is 0.398. The predicted molar refractivity (Wildman–Crippen MR) is 83.7 cm³/mol. The fourth-order valence-corrected chi connectivity index (χ4v) is 4.10. The molecule has 1 nitrogen and oxygen atoms in total. The molecule has 0 aromatic heterocycles. The Morgan fingerprint density at radius 3 is 2.67 bits per heavy atom. The molecule has 1 aliphatic rings. The van der Waals surface area contributed by atoms with Gasteiger partial charge in [0, 0.05) is 17.5 Å². The van der Waals surface area contributed by atoms with Crippen LogP contribution in [0.2, 0.25) is 0 Å². The van der Waals surface area contributed by atoms with E-state index in [-0.39, 0.29) is 0 Å². The third-order valence-electron chi connectivity index (χ3n) is 4.03. The summed E-state index contributed by atoms with van der Waals surface area (Å²) in [4.78, 5) is 0. The first-order valence-electron chi connectivity index (χ1n) is 6.94. The molecule has 100 valence electrons. The smallest absolute Gasteiger partial charge is 0.0403 e. The Bertz CT molecular complexity index is 398. The summed E-state index contributed by atoms with van der Waals surface area (Å²) in [6.07, 6.45) is 1.30. The summed E-state index contributed by atoms with van der Waals surface area (Å²) in [5, 5.41) is 3.80. The number of hydrogen-bond acceptors (Lipinski definition) is 2. The van der Waals surface area contributed by atoms with Crippen LogP contribution in [-0.4, -0.2) is 17.5 Å². The highest BCUT2D eigenvalue weighted by Crippen LogP contribution is 2.37. The van der Waals surface area contributed by atoms with Crippen molar-refractivity contribution in [1.82, 2.24) is 0 Å². The Kier molecular flexibility index (Phi) is 4.26. The van der Waals surface area contributed by atoms with Gasteiger partial charge in [-0.05, 0) is 35.1 Å². The van der Waals surface area contributed by atoms with Crippen LogP contribution in [-0.2, 0) is 0 Å². The first-order valence-corrected chi connectivity index (χ1v) is 8.09. The summed E-state index contributed by atoms with van der Waals surface area (Å²) >= 11 is 2.08. The minimum Gasteiger partial charge on any atom is -0.381 e. The van der Waals surface area contributed by atoms with Crippen molar-refractivity contribution in [3.05, 3.63) is 29.8 Å². The maximum absolute atomic E-state index is 3.80. The molecule has 1 aromatic carbocycles. The Labute approximate surface area is 116 Å². The Morgan fingerprint density at radius 1 is 1.28 bits per heavy atom. The van der Waals surface area contributed by atoms with Gasteiger partial charge in [-0.1, -0.05) is 45.9 Å². The second-order valence-electron chi connectivity index (χ2n) is 6.25. The van der Waals surface area contributed by atoms with E-state index in [9.17, 15) is 0 Å². The van der Waals surface area contributed by atoms with Gasteiger partial charge in [0.25, 0.3) is 0 Å². The highest BCUT2D eigenvalue weighted by Gasteiger charge is 2.32. The molecule has 1 aliphatic heterocycles. The number of thioether (sulfide) groups is 1. The van der Waals surface area contributed by atoms with E-state index in [1.165, 1.54) is 29.2 Å². The zero-order valence-electron chi connectivity index (χ0n) is 12.0. The molecule has 1 heterocycles. The van der Waals surface area contributed by atoms with Crippen LogP contribution in [0.3, 0.4) is 0 Å². The van der Waals surface area contributed by atoms with Crippen LogP contribution in [0, 0.1) is 5.41 Å². The highest BCUT2D eigenvalue weighted by molar-refractivity contribution is 7.99. The van der Waals surface area contributed by atoms with Crippen molar-refractivity contribution < 1.29 is 0 Å². The molecule has 0 spiro atoms. The van der Waals surface area contributed by atoms with E-state index >= 15 is 0 Å². The standard InChI is InChI=1S/C16H25NS/c1-12(2)13-7-5-6-8-14(13)17-15-11-18-10-9-16(15,3)4/h5-8,12,15,17H,9-11H2,1-4H3. The van der Waals surface area contributed by atoms with Crippen LogP contribution in [0.15, 0.2) is 24.3 Å². The summed E-state index contributed by atoms with van der Waals surface area (Å²) in [6, 6.07) is 9.33. The molecule has 2 heteroatoms. The van der Waals surface area contributed by atoms with E-state index in [0.29, 0.717) is 17.4 Å². The van der Waals surface area contributed by atoms with E-state index in [1.54, 1.807) is 0 Å². The van der Waals surface area contributed by atoms with E-state index in [2.05, 4.69) is 69.0 Å². The van der Waals surface area contributed by atoms with Crippen molar-refractivity contribution in [2.45, 2.75) is 46.1 Å². The minimum absolute atomic E-state index is 0.398. The number of para-hydroxylation sites is 1.